The number of nitrogens with one attached hydrogen (secondary N) is 1. The number of benzene rings is 1. The minimum Gasteiger partial charge on any atom is -0.354 e. The molecule has 0 amide bonds. The molecule has 1 aromatic carbocycles. The molecule has 3 aromatic rings. The minimum atomic E-state index is 0.697. The molecule has 0 aliphatic heterocycles. The van der Waals surface area contributed by atoms with Crippen molar-refractivity contribution in [1.29, 1.82) is 0 Å². The third-order valence-electron chi connectivity index (χ3n) is 2.86. The number of nitrogens with zero attached hydrogens (tertiary/aromatic N) is 3. The van der Waals surface area contributed by atoms with Crippen molar-refractivity contribution in [1.82, 2.24) is 14.5 Å². The summed E-state index contributed by atoms with van der Waals surface area (Å²) in [5.74, 6) is 1.01. The lowest BCUT2D eigenvalue weighted by Crippen LogP contribution is -2.05. The molecule has 92 valence electrons. The maximum absolute atomic E-state index is 4.55. The number of hydrogen-bond donors (Lipinski definition) is 1. The fourth-order valence-electron chi connectivity index (χ4n) is 1.83. The van der Waals surface area contributed by atoms with E-state index in [9.17, 15) is 0 Å². The highest BCUT2D eigenvalue weighted by Gasteiger charge is 2.05. The van der Waals surface area contributed by atoms with Crippen molar-refractivity contribution in [3.8, 4) is 0 Å². The predicted molar refractivity (Wildman–Crippen MR) is 74.9 cm³/mol. The maximum Gasteiger partial charge on any atom is 0.184 e. The van der Waals surface area contributed by atoms with E-state index in [0.717, 1.165) is 16.5 Å². The van der Waals surface area contributed by atoms with E-state index in [1.807, 2.05) is 17.8 Å². The number of hydrogen-bond acceptors (Lipinski definition) is 4. The molecular weight excluding hydrogens is 244 g/mol. The Morgan fingerprint density at radius 3 is 3.06 bits per heavy atom. The summed E-state index contributed by atoms with van der Waals surface area (Å²) < 4.78 is 3.22. The van der Waals surface area contributed by atoms with Gasteiger partial charge in [-0.05, 0) is 24.6 Å². The van der Waals surface area contributed by atoms with Crippen molar-refractivity contribution in [3.05, 3.63) is 42.0 Å². The zero-order valence-corrected chi connectivity index (χ0v) is 11.2. The van der Waals surface area contributed by atoms with E-state index < -0.39 is 0 Å². The molecule has 0 fully saturated rings. The molecule has 2 aromatic heterocycles. The molecule has 5 heteroatoms. The second-order valence-corrected chi connectivity index (χ2v) is 5.33. The van der Waals surface area contributed by atoms with Gasteiger partial charge < -0.3 is 9.88 Å². The summed E-state index contributed by atoms with van der Waals surface area (Å²) in [7, 11) is 1.99. The van der Waals surface area contributed by atoms with Gasteiger partial charge in [0.1, 0.15) is 5.82 Å². The molecule has 0 saturated heterocycles. The Bertz CT molecular complexity index is 683. The van der Waals surface area contributed by atoms with Crippen LogP contribution in [0.15, 0.2) is 30.6 Å². The Kier molecular flexibility index (Phi) is 2.76. The van der Waals surface area contributed by atoms with Gasteiger partial charge >= 0.3 is 0 Å². The van der Waals surface area contributed by atoms with Crippen molar-refractivity contribution < 1.29 is 0 Å². The van der Waals surface area contributed by atoms with Crippen molar-refractivity contribution in [2.75, 3.05) is 5.32 Å². The predicted octanol–water partition coefficient (Wildman–Crippen LogP) is 2.95. The summed E-state index contributed by atoms with van der Waals surface area (Å²) in [6.45, 7) is 2.79. The summed E-state index contributed by atoms with van der Waals surface area (Å²) in [6, 6.07) is 6.32. The molecule has 0 radical (unpaired) electrons. The zero-order chi connectivity index (χ0) is 12.5. The molecule has 0 saturated carbocycles. The Hall–Kier alpha value is -1.88. The van der Waals surface area contributed by atoms with Crippen LogP contribution in [0.5, 0.6) is 0 Å². The lowest BCUT2D eigenvalue weighted by Gasteiger charge is -2.01. The molecule has 4 nitrogen and oxygen atoms in total. The number of anilines is 1. The normalized spacial score (nSPS) is 11.0. The SMILES string of the molecule is Cc1ccc2nc(NCc3nccn3C)sc2c1. The van der Waals surface area contributed by atoms with Gasteiger partial charge in [-0.2, -0.15) is 0 Å². The molecule has 0 bridgehead atoms. The summed E-state index contributed by atoms with van der Waals surface area (Å²) in [6.07, 6.45) is 3.75. The van der Waals surface area contributed by atoms with Crippen molar-refractivity contribution in [2.45, 2.75) is 13.5 Å². The van der Waals surface area contributed by atoms with E-state index in [1.165, 1.54) is 10.3 Å². The largest absolute Gasteiger partial charge is 0.354 e. The lowest BCUT2D eigenvalue weighted by molar-refractivity contribution is 0.812. The Labute approximate surface area is 109 Å². The van der Waals surface area contributed by atoms with Crippen molar-refractivity contribution in [2.24, 2.45) is 7.05 Å². The van der Waals surface area contributed by atoms with Crippen LogP contribution in [0.3, 0.4) is 0 Å². The maximum atomic E-state index is 4.55. The summed E-state index contributed by atoms with van der Waals surface area (Å²) in [5, 5.41) is 4.26. The van der Waals surface area contributed by atoms with Crippen LogP contribution in [-0.4, -0.2) is 14.5 Å². The number of fused-ring (bicyclic) bond motifs is 1. The Morgan fingerprint density at radius 2 is 2.28 bits per heavy atom. The quantitative estimate of drug-likeness (QED) is 0.785. The molecule has 1 N–H and O–H groups in total. The smallest absolute Gasteiger partial charge is 0.184 e. The molecular formula is C13H14N4S. The molecule has 2 heterocycles. The molecule has 0 aliphatic rings. The van der Waals surface area contributed by atoms with Crippen LogP contribution >= 0.6 is 11.3 Å². The van der Waals surface area contributed by atoms with Crippen LogP contribution in [-0.2, 0) is 13.6 Å². The third-order valence-corrected chi connectivity index (χ3v) is 3.84. The van der Waals surface area contributed by atoms with Gasteiger partial charge in [-0.15, -0.1) is 0 Å². The lowest BCUT2D eigenvalue weighted by atomic mass is 10.2. The van der Waals surface area contributed by atoms with Crippen molar-refractivity contribution >= 4 is 26.7 Å². The highest BCUT2D eigenvalue weighted by atomic mass is 32.1. The number of aryl methyl sites for hydroxylation is 2. The molecule has 18 heavy (non-hydrogen) atoms. The standard InChI is InChI=1S/C13H14N4S/c1-9-3-4-10-11(7-9)18-13(16-10)15-8-12-14-5-6-17(12)2/h3-7H,8H2,1-2H3,(H,15,16). The van der Waals surface area contributed by atoms with E-state index in [4.69, 9.17) is 0 Å². The van der Waals surface area contributed by atoms with Gasteiger partial charge in [0, 0.05) is 19.4 Å². The van der Waals surface area contributed by atoms with E-state index in [0.29, 0.717) is 6.54 Å². The van der Waals surface area contributed by atoms with Crippen LogP contribution in [0.1, 0.15) is 11.4 Å². The van der Waals surface area contributed by atoms with Crippen LogP contribution in [0.4, 0.5) is 5.13 Å². The number of rotatable bonds is 3. The van der Waals surface area contributed by atoms with Gasteiger partial charge in [0.2, 0.25) is 0 Å². The topological polar surface area (TPSA) is 42.7 Å². The first-order valence-corrected chi connectivity index (χ1v) is 6.61. The minimum absolute atomic E-state index is 0.697. The molecule has 0 atom stereocenters. The van der Waals surface area contributed by atoms with E-state index >= 15 is 0 Å². The molecule has 0 unspecified atom stereocenters. The van der Waals surface area contributed by atoms with Gasteiger partial charge in [-0.3, -0.25) is 0 Å². The second kappa shape index (κ2) is 4.42. The monoisotopic (exact) mass is 258 g/mol. The van der Waals surface area contributed by atoms with Gasteiger partial charge in [0.25, 0.3) is 0 Å². The Morgan fingerprint density at radius 1 is 1.39 bits per heavy atom. The van der Waals surface area contributed by atoms with E-state index in [2.05, 4.69) is 40.4 Å². The fraction of sp³-hybridized carbons (Fsp3) is 0.231. The van der Waals surface area contributed by atoms with Gasteiger partial charge in [0.15, 0.2) is 5.13 Å². The highest BCUT2D eigenvalue weighted by Crippen LogP contribution is 2.26. The molecule has 0 spiro atoms. The highest BCUT2D eigenvalue weighted by molar-refractivity contribution is 7.22. The molecule has 0 aliphatic carbocycles. The fourth-order valence-corrected chi connectivity index (χ4v) is 2.79. The van der Waals surface area contributed by atoms with Gasteiger partial charge in [0.05, 0.1) is 16.8 Å². The van der Waals surface area contributed by atoms with Gasteiger partial charge in [-0.25, -0.2) is 9.97 Å². The number of imidazole rings is 1. The zero-order valence-electron chi connectivity index (χ0n) is 10.3. The van der Waals surface area contributed by atoms with Crippen LogP contribution in [0.25, 0.3) is 10.2 Å². The van der Waals surface area contributed by atoms with Crippen molar-refractivity contribution in [3.63, 3.8) is 0 Å². The number of thiazole rings is 1. The Balaban J connectivity index is 1.81. The average molecular weight is 258 g/mol. The first kappa shape index (κ1) is 11.2. The average Bonchev–Trinajstić information content (AvgIpc) is 2.92. The summed E-state index contributed by atoms with van der Waals surface area (Å²) in [4.78, 5) is 8.83. The number of aromatic nitrogens is 3. The van der Waals surface area contributed by atoms with Gasteiger partial charge in [-0.1, -0.05) is 17.4 Å². The van der Waals surface area contributed by atoms with E-state index in [-0.39, 0.29) is 0 Å². The third kappa shape index (κ3) is 2.09. The summed E-state index contributed by atoms with van der Waals surface area (Å²) in [5.41, 5.74) is 2.31. The first-order valence-electron chi connectivity index (χ1n) is 5.79. The first-order chi connectivity index (χ1) is 8.72. The molecule has 3 rings (SSSR count). The van der Waals surface area contributed by atoms with Crippen LogP contribution < -0.4 is 5.32 Å². The second-order valence-electron chi connectivity index (χ2n) is 4.30. The van der Waals surface area contributed by atoms with Crippen LogP contribution in [0.2, 0.25) is 0 Å². The summed E-state index contributed by atoms with van der Waals surface area (Å²) >= 11 is 1.68. The van der Waals surface area contributed by atoms with Crippen LogP contribution in [0, 0.1) is 6.92 Å². The van der Waals surface area contributed by atoms with E-state index in [1.54, 1.807) is 17.5 Å².